The maximum absolute atomic E-state index is 5.20. The first-order chi connectivity index (χ1) is 26.2. The average Bonchev–Trinajstić information content (AvgIpc) is 3.55. The summed E-state index contributed by atoms with van der Waals surface area (Å²) < 4.78 is 2.62. The summed E-state index contributed by atoms with van der Waals surface area (Å²) in [7, 11) is 0. The highest BCUT2D eigenvalue weighted by atomic mass is 15.0. The molecule has 4 aliphatic carbocycles. The summed E-state index contributed by atoms with van der Waals surface area (Å²) in [5.74, 6) is 2.07. The van der Waals surface area contributed by atoms with E-state index < -0.39 is 0 Å². The van der Waals surface area contributed by atoms with Crippen LogP contribution in [0.3, 0.4) is 0 Å². The van der Waals surface area contributed by atoms with Crippen molar-refractivity contribution in [3.05, 3.63) is 196 Å². The molecule has 258 valence electrons. The standard InChI is InChI=1S/C49H42N4/c1-3-4-23-43(49-51-47(35-19-9-5-6-10-20-35)50-48(52-49)36-21-13-8-14-22-36)46-33(2)30-38-31-39(27-29-40(38)46)53-44-25-16-15-24-41(44)42-28-26-37(32-45(42)53)34-17-11-7-12-18-34/h3-9,11-25,27,29,32,39H,10,26,28,30-31H2,1-2H3/b4-3-,43-23+. The minimum atomic E-state index is 0.222. The lowest BCUT2D eigenvalue weighted by Gasteiger charge is -2.26. The highest BCUT2D eigenvalue weighted by Gasteiger charge is 2.32. The lowest BCUT2D eigenvalue weighted by atomic mass is 9.89. The molecule has 0 spiro atoms. The molecule has 1 atom stereocenters. The van der Waals surface area contributed by atoms with Crippen LogP contribution in [0, 0.1) is 0 Å². The Bertz CT molecular complexity index is 2530. The number of benzene rings is 3. The maximum Gasteiger partial charge on any atom is 0.164 e. The Morgan fingerprint density at radius 2 is 1.58 bits per heavy atom. The van der Waals surface area contributed by atoms with Crippen molar-refractivity contribution in [2.45, 2.75) is 52.0 Å². The topological polar surface area (TPSA) is 43.6 Å². The first kappa shape index (κ1) is 32.8. The molecule has 0 aliphatic heterocycles. The Balaban J connectivity index is 1.12. The van der Waals surface area contributed by atoms with E-state index in [1.807, 2.05) is 18.2 Å². The van der Waals surface area contributed by atoms with Gasteiger partial charge < -0.3 is 4.57 Å². The summed E-state index contributed by atoms with van der Waals surface area (Å²) in [6.45, 7) is 4.34. The van der Waals surface area contributed by atoms with Gasteiger partial charge in [0, 0.05) is 33.3 Å². The van der Waals surface area contributed by atoms with Gasteiger partial charge in [-0.15, -0.1) is 0 Å². The molecule has 0 bridgehead atoms. The van der Waals surface area contributed by atoms with Gasteiger partial charge in [0.1, 0.15) is 0 Å². The van der Waals surface area contributed by atoms with Crippen molar-refractivity contribution < 1.29 is 0 Å². The van der Waals surface area contributed by atoms with Crippen LogP contribution in [-0.4, -0.2) is 19.5 Å². The van der Waals surface area contributed by atoms with Gasteiger partial charge in [-0.05, 0) is 85.9 Å². The predicted octanol–water partition coefficient (Wildman–Crippen LogP) is 12.1. The third kappa shape index (κ3) is 6.14. The average molecular weight is 687 g/mol. The summed E-state index contributed by atoms with van der Waals surface area (Å²) in [5, 5.41) is 1.38. The fourth-order valence-corrected chi connectivity index (χ4v) is 8.43. The molecule has 0 saturated heterocycles. The maximum atomic E-state index is 5.20. The van der Waals surface area contributed by atoms with Crippen molar-refractivity contribution in [3.8, 4) is 11.4 Å². The predicted molar refractivity (Wildman–Crippen MR) is 221 cm³/mol. The number of hydrogen-bond donors (Lipinski definition) is 0. The smallest absolute Gasteiger partial charge is 0.164 e. The van der Waals surface area contributed by atoms with Crippen molar-refractivity contribution in [2.24, 2.45) is 0 Å². The minimum absolute atomic E-state index is 0.222. The van der Waals surface area contributed by atoms with E-state index >= 15 is 0 Å². The molecular weight excluding hydrogens is 645 g/mol. The van der Waals surface area contributed by atoms with Gasteiger partial charge in [-0.2, -0.15) is 0 Å². The van der Waals surface area contributed by atoms with Crippen LogP contribution in [0.2, 0.25) is 0 Å². The molecule has 0 amide bonds. The largest absolute Gasteiger partial charge is 0.333 e. The number of para-hydroxylation sites is 1. The Hall–Kier alpha value is -6.13. The lowest BCUT2D eigenvalue weighted by Crippen LogP contribution is -2.14. The van der Waals surface area contributed by atoms with Crippen molar-refractivity contribution >= 4 is 33.7 Å². The third-order valence-electron chi connectivity index (χ3n) is 10.9. The van der Waals surface area contributed by atoms with Crippen LogP contribution in [0.25, 0.3) is 45.1 Å². The first-order valence-electron chi connectivity index (χ1n) is 18.8. The van der Waals surface area contributed by atoms with Gasteiger partial charge in [-0.1, -0.05) is 151 Å². The van der Waals surface area contributed by atoms with Crippen LogP contribution in [0.4, 0.5) is 0 Å². The minimum Gasteiger partial charge on any atom is -0.333 e. The summed E-state index contributed by atoms with van der Waals surface area (Å²) in [6.07, 6.45) is 29.1. The molecule has 2 aromatic heterocycles. The quantitative estimate of drug-likeness (QED) is 0.160. The van der Waals surface area contributed by atoms with Crippen LogP contribution >= 0.6 is 0 Å². The Morgan fingerprint density at radius 3 is 2.42 bits per heavy atom. The van der Waals surface area contributed by atoms with Crippen molar-refractivity contribution in [1.29, 1.82) is 0 Å². The molecule has 4 heteroatoms. The van der Waals surface area contributed by atoms with E-state index in [-0.39, 0.29) is 6.04 Å². The number of nitrogens with zero attached hydrogens (tertiary/aromatic N) is 4. The second-order valence-electron chi connectivity index (χ2n) is 14.2. The second kappa shape index (κ2) is 14.1. The van der Waals surface area contributed by atoms with Gasteiger partial charge in [0.2, 0.25) is 0 Å². The Kier molecular flexibility index (Phi) is 8.73. The number of fused-ring (bicyclic) bond motifs is 3. The monoisotopic (exact) mass is 686 g/mol. The number of hydrogen-bond acceptors (Lipinski definition) is 3. The van der Waals surface area contributed by atoms with Crippen molar-refractivity contribution in [3.63, 3.8) is 0 Å². The Labute approximate surface area is 312 Å². The zero-order valence-corrected chi connectivity index (χ0v) is 30.3. The molecule has 0 fully saturated rings. The highest BCUT2D eigenvalue weighted by molar-refractivity contribution is 5.94. The molecular formula is C49H42N4. The number of allylic oxidation sites excluding steroid dienone is 17. The van der Waals surface area contributed by atoms with Gasteiger partial charge in [0.25, 0.3) is 0 Å². The van der Waals surface area contributed by atoms with Crippen LogP contribution in [-0.2, 0) is 6.42 Å². The second-order valence-corrected chi connectivity index (χ2v) is 14.2. The molecule has 5 aromatic rings. The van der Waals surface area contributed by atoms with Crippen LogP contribution < -0.4 is 0 Å². The fraction of sp³-hybridized carbons (Fsp3) is 0.163. The van der Waals surface area contributed by atoms with Crippen LogP contribution in [0.15, 0.2) is 168 Å². The fourth-order valence-electron chi connectivity index (χ4n) is 8.43. The SMILES string of the molecule is C/C=C\C=C(/C1=C(C)CC2=C1C=CC(n1c3c(c4ccccc41)CCC(c1ccccc1)=C3)C2)c1nc(C2=CCC=CC=C2)nc(-c2ccccc2)n1. The zero-order chi connectivity index (χ0) is 35.7. The van der Waals surface area contributed by atoms with E-state index in [2.05, 4.69) is 152 Å². The van der Waals surface area contributed by atoms with E-state index in [4.69, 9.17) is 15.0 Å². The van der Waals surface area contributed by atoms with E-state index in [1.54, 1.807) is 0 Å². The molecule has 1 unspecified atom stereocenters. The molecule has 0 saturated carbocycles. The lowest BCUT2D eigenvalue weighted by molar-refractivity contribution is 0.598. The van der Waals surface area contributed by atoms with Gasteiger partial charge in [0.05, 0.1) is 6.04 Å². The normalized spacial score (nSPS) is 18.5. The highest BCUT2D eigenvalue weighted by Crippen LogP contribution is 2.48. The van der Waals surface area contributed by atoms with Crippen LogP contribution in [0.1, 0.15) is 74.0 Å². The molecule has 9 rings (SSSR count). The van der Waals surface area contributed by atoms with E-state index in [1.165, 1.54) is 55.6 Å². The number of aromatic nitrogens is 4. The summed E-state index contributed by atoms with van der Waals surface area (Å²) in [4.78, 5) is 15.4. The zero-order valence-electron chi connectivity index (χ0n) is 30.3. The van der Waals surface area contributed by atoms with Gasteiger partial charge in [-0.3, -0.25) is 0 Å². The van der Waals surface area contributed by atoms with Crippen LogP contribution in [0.5, 0.6) is 0 Å². The van der Waals surface area contributed by atoms with Gasteiger partial charge in [-0.25, -0.2) is 15.0 Å². The summed E-state index contributed by atoms with van der Waals surface area (Å²) in [6, 6.07) is 30.3. The Morgan fingerprint density at radius 1 is 0.811 bits per heavy atom. The summed E-state index contributed by atoms with van der Waals surface area (Å²) >= 11 is 0. The van der Waals surface area contributed by atoms with E-state index in [9.17, 15) is 0 Å². The molecule has 0 radical (unpaired) electrons. The third-order valence-corrected chi connectivity index (χ3v) is 10.9. The molecule has 3 aromatic carbocycles. The van der Waals surface area contributed by atoms with E-state index in [0.717, 1.165) is 48.8 Å². The summed E-state index contributed by atoms with van der Waals surface area (Å²) in [5.41, 5.74) is 15.3. The molecule has 0 N–H and O–H groups in total. The van der Waals surface area contributed by atoms with Crippen molar-refractivity contribution in [2.75, 3.05) is 0 Å². The molecule has 4 aliphatic rings. The van der Waals surface area contributed by atoms with Crippen molar-refractivity contribution in [1.82, 2.24) is 19.5 Å². The molecule has 4 nitrogen and oxygen atoms in total. The number of aryl methyl sites for hydroxylation is 1. The van der Waals surface area contributed by atoms with Gasteiger partial charge in [0.15, 0.2) is 17.5 Å². The molecule has 53 heavy (non-hydrogen) atoms. The van der Waals surface area contributed by atoms with E-state index in [0.29, 0.717) is 17.5 Å². The first-order valence-corrected chi connectivity index (χ1v) is 18.8. The number of rotatable bonds is 7. The van der Waals surface area contributed by atoms with Gasteiger partial charge >= 0.3 is 0 Å². The molecule has 2 heterocycles.